The number of fused-ring (bicyclic) bond motifs is 2. The van der Waals surface area contributed by atoms with Gasteiger partial charge < -0.3 is 13.9 Å². The van der Waals surface area contributed by atoms with E-state index in [4.69, 9.17) is 37.1 Å². The van der Waals surface area contributed by atoms with E-state index in [9.17, 15) is 4.79 Å². The summed E-state index contributed by atoms with van der Waals surface area (Å²) < 4.78 is 16.4. The lowest BCUT2D eigenvalue weighted by Gasteiger charge is -2.06. The second-order valence-electron chi connectivity index (χ2n) is 4.81. The highest BCUT2D eigenvalue weighted by atomic mass is 35.5. The first-order valence-corrected chi connectivity index (χ1v) is 7.20. The normalized spacial score (nSPS) is 12.8. The molecule has 0 atom stereocenters. The summed E-state index contributed by atoms with van der Waals surface area (Å²) in [6.07, 6.45) is 0. The van der Waals surface area contributed by atoms with Crippen molar-refractivity contribution in [3.8, 4) is 22.8 Å². The fraction of sp³-hybridized carbons (Fsp3) is 0.0625. The molecule has 0 saturated heterocycles. The molecular formula is C16H8Cl2O4. The van der Waals surface area contributed by atoms with Gasteiger partial charge >= 0.3 is 0 Å². The van der Waals surface area contributed by atoms with Crippen LogP contribution in [0.25, 0.3) is 22.3 Å². The standard InChI is InChI=1S/C16H8Cl2O4/c17-9-4-10-12(19)6-14(22-16(10)11(18)5-9)8-1-2-13-15(3-8)21-7-20-13/h1-6H,7H2. The molecule has 0 radical (unpaired) electrons. The summed E-state index contributed by atoms with van der Waals surface area (Å²) in [6.45, 7) is 0.185. The Morgan fingerprint density at radius 1 is 0.955 bits per heavy atom. The minimum absolute atomic E-state index is 0.185. The van der Waals surface area contributed by atoms with Gasteiger partial charge in [0.1, 0.15) is 5.76 Å². The van der Waals surface area contributed by atoms with E-state index in [1.165, 1.54) is 18.2 Å². The predicted octanol–water partition coefficient (Wildman–Crippen LogP) is 4.50. The van der Waals surface area contributed by atoms with Crippen LogP contribution in [0.15, 0.2) is 45.6 Å². The number of rotatable bonds is 1. The van der Waals surface area contributed by atoms with Crippen molar-refractivity contribution >= 4 is 34.2 Å². The fourth-order valence-electron chi connectivity index (χ4n) is 2.38. The SMILES string of the molecule is O=c1cc(-c2ccc3c(c2)OCO3)oc2c(Cl)cc(Cl)cc12. The van der Waals surface area contributed by atoms with Crippen molar-refractivity contribution in [1.82, 2.24) is 0 Å². The van der Waals surface area contributed by atoms with Crippen molar-refractivity contribution in [3.05, 3.63) is 56.7 Å². The van der Waals surface area contributed by atoms with Crippen LogP contribution >= 0.6 is 23.2 Å². The Bertz CT molecular complexity index is 962. The Morgan fingerprint density at radius 2 is 1.77 bits per heavy atom. The van der Waals surface area contributed by atoms with Gasteiger partial charge in [0.15, 0.2) is 22.5 Å². The first-order valence-electron chi connectivity index (χ1n) is 6.45. The molecule has 0 saturated carbocycles. The van der Waals surface area contributed by atoms with Crippen molar-refractivity contribution in [3.63, 3.8) is 0 Å². The summed E-state index contributed by atoms with van der Waals surface area (Å²) >= 11 is 12.0. The summed E-state index contributed by atoms with van der Waals surface area (Å²) in [5.41, 5.74) is 0.804. The van der Waals surface area contributed by atoms with Gasteiger partial charge in [-0.3, -0.25) is 4.79 Å². The molecule has 1 aromatic heterocycles. The van der Waals surface area contributed by atoms with Crippen LogP contribution in [0.2, 0.25) is 10.0 Å². The summed E-state index contributed by atoms with van der Waals surface area (Å²) in [7, 11) is 0. The Balaban J connectivity index is 1.95. The zero-order valence-corrected chi connectivity index (χ0v) is 12.6. The fourth-order valence-corrected chi connectivity index (χ4v) is 2.91. The van der Waals surface area contributed by atoms with E-state index in [1.807, 2.05) is 0 Å². The Labute approximate surface area is 134 Å². The molecule has 0 amide bonds. The molecule has 4 rings (SSSR count). The summed E-state index contributed by atoms with van der Waals surface area (Å²) in [6, 6.07) is 9.81. The number of benzene rings is 2. The number of halogens is 2. The van der Waals surface area contributed by atoms with Crippen molar-refractivity contribution < 1.29 is 13.9 Å². The first-order chi connectivity index (χ1) is 10.6. The van der Waals surface area contributed by atoms with Crippen LogP contribution in [0.5, 0.6) is 11.5 Å². The molecule has 0 bridgehead atoms. The molecule has 4 nitrogen and oxygen atoms in total. The summed E-state index contributed by atoms with van der Waals surface area (Å²) in [5.74, 6) is 1.68. The van der Waals surface area contributed by atoms with Gasteiger partial charge in [0.25, 0.3) is 0 Å². The third-order valence-corrected chi connectivity index (χ3v) is 3.90. The van der Waals surface area contributed by atoms with Crippen molar-refractivity contribution in [2.45, 2.75) is 0 Å². The van der Waals surface area contributed by atoms with Crippen LogP contribution < -0.4 is 14.9 Å². The largest absolute Gasteiger partial charge is 0.454 e. The molecule has 0 unspecified atom stereocenters. The molecule has 22 heavy (non-hydrogen) atoms. The Kier molecular flexibility index (Phi) is 3.03. The monoisotopic (exact) mass is 334 g/mol. The van der Waals surface area contributed by atoms with Crippen molar-refractivity contribution in [1.29, 1.82) is 0 Å². The Hall–Kier alpha value is -2.17. The van der Waals surface area contributed by atoms with Gasteiger partial charge in [-0.2, -0.15) is 0 Å². The molecule has 0 fully saturated rings. The van der Waals surface area contributed by atoms with Crippen LogP contribution in [0.1, 0.15) is 0 Å². The predicted molar refractivity (Wildman–Crippen MR) is 84.1 cm³/mol. The third kappa shape index (κ3) is 2.12. The highest BCUT2D eigenvalue weighted by molar-refractivity contribution is 6.38. The zero-order valence-electron chi connectivity index (χ0n) is 11.1. The van der Waals surface area contributed by atoms with Gasteiger partial charge in [-0.1, -0.05) is 23.2 Å². The third-order valence-electron chi connectivity index (χ3n) is 3.41. The average molecular weight is 335 g/mol. The second kappa shape index (κ2) is 4.93. The van der Waals surface area contributed by atoms with Gasteiger partial charge in [-0.25, -0.2) is 0 Å². The molecule has 0 aliphatic carbocycles. The maximum atomic E-state index is 12.3. The van der Waals surface area contributed by atoms with E-state index in [-0.39, 0.29) is 12.2 Å². The minimum Gasteiger partial charge on any atom is -0.454 e. The highest BCUT2D eigenvalue weighted by Crippen LogP contribution is 2.37. The molecule has 0 N–H and O–H groups in total. The summed E-state index contributed by atoms with van der Waals surface area (Å²) in [5, 5.41) is 1.03. The maximum absolute atomic E-state index is 12.3. The lowest BCUT2D eigenvalue weighted by molar-refractivity contribution is 0.174. The van der Waals surface area contributed by atoms with E-state index < -0.39 is 0 Å². The molecule has 1 aliphatic rings. The second-order valence-corrected chi connectivity index (χ2v) is 5.65. The van der Waals surface area contributed by atoms with Crippen LogP contribution in [-0.2, 0) is 0 Å². The smallest absolute Gasteiger partial charge is 0.231 e. The molecular weight excluding hydrogens is 327 g/mol. The topological polar surface area (TPSA) is 48.7 Å². The van der Waals surface area contributed by atoms with Gasteiger partial charge in [0.2, 0.25) is 6.79 Å². The molecule has 1 aliphatic heterocycles. The van der Waals surface area contributed by atoms with E-state index in [0.717, 1.165) is 0 Å². The quantitative estimate of drug-likeness (QED) is 0.657. The number of hydrogen-bond donors (Lipinski definition) is 0. The minimum atomic E-state index is -0.210. The van der Waals surface area contributed by atoms with E-state index in [1.54, 1.807) is 18.2 Å². The molecule has 0 spiro atoms. The molecule has 2 aromatic carbocycles. The average Bonchev–Trinajstić information content (AvgIpc) is 2.95. The highest BCUT2D eigenvalue weighted by Gasteiger charge is 2.16. The van der Waals surface area contributed by atoms with Gasteiger partial charge in [-0.05, 0) is 30.3 Å². The molecule has 3 aromatic rings. The summed E-state index contributed by atoms with van der Waals surface area (Å²) in [4.78, 5) is 12.3. The van der Waals surface area contributed by atoms with Crippen LogP contribution in [0, 0.1) is 0 Å². The van der Waals surface area contributed by atoms with Crippen molar-refractivity contribution in [2.24, 2.45) is 0 Å². The molecule has 6 heteroatoms. The first kappa shape index (κ1) is 13.5. The van der Waals surface area contributed by atoms with E-state index in [2.05, 4.69) is 0 Å². The van der Waals surface area contributed by atoms with Gasteiger partial charge in [0.05, 0.1) is 10.4 Å². The number of hydrogen-bond acceptors (Lipinski definition) is 4. The molecule has 110 valence electrons. The van der Waals surface area contributed by atoms with Crippen molar-refractivity contribution in [2.75, 3.05) is 6.79 Å². The van der Waals surface area contributed by atoms with Crippen LogP contribution in [-0.4, -0.2) is 6.79 Å². The Morgan fingerprint density at radius 3 is 2.64 bits per heavy atom. The molecule has 2 heterocycles. The van der Waals surface area contributed by atoms with E-state index >= 15 is 0 Å². The van der Waals surface area contributed by atoms with Crippen LogP contribution in [0.4, 0.5) is 0 Å². The number of ether oxygens (including phenoxy) is 2. The lowest BCUT2D eigenvalue weighted by Crippen LogP contribution is -2.00. The maximum Gasteiger partial charge on any atom is 0.231 e. The van der Waals surface area contributed by atoms with Crippen LogP contribution in [0.3, 0.4) is 0 Å². The van der Waals surface area contributed by atoms with E-state index in [0.29, 0.717) is 43.8 Å². The zero-order chi connectivity index (χ0) is 15.3. The lowest BCUT2D eigenvalue weighted by atomic mass is 10.1. The van der Waals surface area contributed by atoms with Gasteiger partial charge in [-0.15, -0.1) is 0 Å². The van der Waals surface area contributed by atoms with Gasteiger partial charge in [0, 0.05) is 16.7 Å².